The topological polar surface area (TPSA) is 12.9 Å². The molecule has 0 spiro atoms. The molecule has 0 aliphatic carbocycles. The van der Waals surface area contributed by atoms with E-state index < -0.39 is 0 Å². The first-order valence-electron chi connectivity index (χ1n) is 7.23. The smallest absolute Gasteiger partial charge is 0.105 e. The van der Waals surface area contributed by atoms with E-state index in [1.54, 1.807) is 0 Å². The number of fused-ring (bicyclic) bond motifs is 1. The minimum atomic E-state index is 0.557. The third-order valence-corrected chi connectivity index (χ3v) is 5.01. The first kappa shape index (κ1) is 14.5. The Labute approximate surface area is 139 Å². The van der Waals surface area contributed by atoms with Gasteiger partial charge in [-0.25, -0.2) is 4.98 Å². The molecule has 0 aliphatic rings. The summed E-state index contributed by atoms with van der Waals surface area (Å²) in [5, 5.41) is 2.52. The van der Waals surface area contributed by atoms with E-state index in [9.17, 15) is 0 Å². The summed E-state index contributed by atoms with van der Waals surface area (Å²) in [7, 11) is 0. The van der Waals surface area contributed by atoms with Gasteiger partial charge in [-0.3, -0.25) is 0 Å². The maximum atomic E-state index is 4.83. The molecule has 106 valence electrons. The van der Waals surface area contributed by atoms with Crippen molar-refractivity contribution >= 4 is 33.4 Å². The lowest BCUT2D eigenvalue weighted by Gasteiger charge is -2.11. The molecule has 1 aromatic heterocycles. The second kappa shape index (κ2) is 5.76. The van der Waals surface area contributed by atoms with Crippen molar-refractivity contribution in [2.24, 2.45) is 0 Å². The van der Waals surface area contributed by atoms with Crippen LogP contribution in [-0.2, 0) is 0 Å². The summed E-state index contributed by atoms with van der Waals surface area (Å²) in [5.74, 6) is 0.557. The monoisotopic (exact) mass is 387 g/mol. The van der Waals surface area contributed by atoms with E-state index in [4.69, 9.17) is 4.98 Å². The number of benzene rings is 2. The molecule has 0 unspecified atom stereocenters. The van der Waals surface area contributed by atoms with Gasteiger partial charge in [0, 0.05) is 10.9 Å². The van der Waals surface area contributed by atoms with Crippen molar-refractivity contribution in [3.8, 4) is 11.3 Å². The number of hydrogen-bond donors (Lipinski definition) is 0. The molecule has 21 heavy (non-hydrogen) atoms. The number of nitrogens with zero attached hydrogens (tertiary/aromatic N) is 1. The Kier molecular flexibility index (Phi) is 3.98. The first-order valence-corrected chi connectivity index (χ1v) is 8.31. The second-order valence-corrected chi connectivity index (χ2v) is 6.72. The fourth-order valence-corrected chi connectivity index (χ4v) is 3.15. The van der Waals surface area contributed by atoms with Crippen LogP contribution >= 0.6 is 22.6 Å². The zero-order valence-electron chi connectivity index (χ0n) is 12.5. The highest BCUT2D eigenvalue weighted by atomic mass is 127. The third kappa shape index (κ3) is 2.69. The number of halogens is 1. The highest BCUT2D eigenvalue weighted by Crippen LogP contribution is 2.31. The highest BCUT2D eigenvalue weighted by Gasteiger charge is 2.11. The molecule has 0 saturated heterocycles. The van der Waals surface area contributed by atoms with E-state index in [1.807, 2.05) is 0 Å². The molecule has 0 fully saturated rings. The molecule has 0 bridgehead atoms. The summed E-state index contributed by atoms with van der Waals surface area (Å²) in [5.41, 5.74) is 4.89. The lowest BCUT2D eigenvalue weighted by molar-refractivity contribution is 0.867. The fourth-order valence-electron chi connectivity index (χ4n) is 2.62. The van der Waals surface area contributed by atoms with Crippen LogP contribution in [0.25, 0.3) is 22.0 Å². The maximum absolute atomic E-state index is 4.83. The van der Waals surface area contributed by atoms with Crippen LogP contribution in [0.3, 0.4) is 0 Å². The van der Waals surface area contributed by atoms with Crippen LogP contribution in [0.5, 0.6) is 0 Å². The van der Waals surface area contributed by atoms with Crippen LogP contribution in [0.1, 0.15) is 30.9 Å². The van der Waals surface area contributed by atoms with Crippen LogP contribution in [0.2, 0.25) is 0 Å². The number of hydrogen-bond acceptors (Lipinski definition) is 1. The molecule has 0 radical (unpaired) electrons. The van der Waals surface area contributed by atoms with Gasteiger partial charge >= 0.3 is 0 Å². The van der Waals surface area contributed by atoms with Crippen molar-refractivity contribution in [2.45, 2.75) is 26.7 Å². The molecule has 0 aliphatic heterocycles. The largest absolute Gasteiger partial charge is 0.241 e. The molecule has 0 amide bonds. The van der Waals surface area contributed by atoms with Crippen LogP contribution in [-0.4, -0.2) is 4.98 Å². The molecule has 3 rings (SSSR count). The number of aromatic nitrogens is 1. The van der Waals surface area contributed by atoms with Gasteiger partial charge in [0.2, 0.25) is 0 Å². The maximum Gasteiger partial charge on any atom is 0.105 e. The lowest BCUT2D eigenvalue weighted by atomic mass is 9.98. The molecule has 1 heterocycles. The molecule has 3 aromatic rings. The Morgan fingerprint density at radius 1 is 0.905 bits per heavy atom. The Balaban J connectivity index is 2.22. The van der Waals surface area contributed by atoms with Gasteiger partial charge in [0.1, 0.15) is 3.70 Å². The Morgan fingerprint density at radius 3 is 2.14 bits per heavy atom. The van der Waals surface area contributed by atoms with E-state index in [2.05, 4.69) is 91.9 Å². The zero-order chi connectivity index (χ0) is 15.0. The van der Waals surface area contributed by atoms with Crippen molar-refractivity contribution in [1.29, 1.82) is 0 Å². The molecule has 0 atom stereocenters. The van der Waals surface area contributed by atoms with E-state index in [-0.39, 0.29) is 0 Å². The van der Waals surface area contributed by atoms with Crippen LogP contribution in [0.4, 0.5) is 0 Å². The number of pyridine rings is 1. The van der Waals surface area contributed by atoms with E-state index >= 15 is 0 Å². The van der Waals surface area contributed by atoms with Crippen molar-refractivity contribution in [3.05, 3.63) is 63.4 Å². The number of aryl methyl sites for hydroxylation is 1. The summed E-state index contributed by atoms with van der Waals surface area (Å²) in [6.45, 7) is 6.58. The lowest BCUT2D eigenvalue weighted by Crippen LogP contribution is -1.94. The van der Waals surface area contributed by atoms with Gasteiger partial charge in [-0.15, -0.1) is 0 Å². The SMILES string of the molecule is Cc1c(I)nc(-c2ccc(C(C)C)cc2)c2ccccc12. The second-order valence-electron chi connectivity index (χ2n) is 5.70. The molecule has 2 heteroatoms. The molecule has 1 nitrogen and oxygen atoms in total. The normalized spacial score (nSPS) is 11.3. The van der Waals surface area contributed by atoms with Gasteiger partial charge in [-0.2, -0.15) is 0 Å². The van der Waals surface area contributed by atoms with E-state index in [0.29, 0.717) is 5.92 Å². The van der Waals surface area contributed by atoms with Crippen LogP contribution in [0, 0.1) is 10.6 Å². The van der Waals surface area contributed by atoms with Crippen LogP contribution < -0.4 is 0 Å². The number of rotatable bonds is 2. The van der Waals surface area contributed by atoms with E-state index in [0.717, 1.165) is 9.39 Å². The molecular formula is C19H18IN. The van der Waals surface area contributed by atoms with Crippen molar-refractivity contribution in [1.82, 2.24) is 4.98 Å². The molecule has 0 saturated carbocycles. The van der Waals surface area contributed by atoms with Gasteiger partial charge in [-0.05, 0) is 51.9 Å². The Bertz CT molecular complexity index is 789. The summed E-state index contributed by atoms with van der Waals surface area (Å²) >= 11 is 2.33. The van der Waals surface area contributed by atoms with Crippen molar-refractivity contribution in [2.75, 3.05) is 0 Å². The molecule has 0 N–H and O–H groups in total. The quantitative estimate of drug-likeness (QED) is 0.392. The van der Waals surface area contributed by atoms with Gasteiger partial charge in [0.15, 0.2) is 0 Å². The van der Waals surface area contributed by atoms with Crippen LogP contribution in [0.15, 0.2) is 48.5 Å². The van der Waals surface area contributed by atoms with Gasteiger partial charge in [-0.1, -0.05) is 62.4 Å². The summed E-state index contributed by atoms with van der Waals surface area (Å²) in [4.78, 5) is 4.83. The zero-order valence-corrected chi connectivity index (χ0v) is 14.7. The summed E-state index contributed by atoms with van der Waals surface area (Å²) in [6, 6.07) is 17.3. The first-order chi connectivity index (χ1) is 10.1. The average Bonchev–Trinajstić information content (AvgIpc) is 2.51. The third-order valence-electron chi connectivity index (χ3n) is 3.96. The van der Waals surface area contributed by atoms with E-state index in [1.165, 1.54) is 27.5 Å². The van der Waals surface area contributed by atoms with Gasteiger partial charge < -0.3 is 0 Å². The minimum absolute atomic E-state index is 0.557. The summed E-state index contributed by atoms with van der Waals surface area (Å²) in [6.07, 6.45) is 0. The Morgan fingerprint density at radius 2 is 1.52 bits per heavy atom. The minimum Gasteiger partial charge on any atom is -0.241 e. The predicted molar refractivity (Wildman–Crippen MR) is 98.7 cm³/mol. The van der Waals surface area contributed by atoms with Gasteiger partial charge in [0.25, 0.3) is 0 Å². The summed E-state index contributed by atoms with van der Waals surface area (Å²) < 4.78 is 1.08. The van der Waals surface area contributed by atoms with Gasteiger partial charge in [0.05, 0.1) is 5.69 Å². The highest BCUT2D eigenvalue weighted by molar-refractivity contribution is 14.1. The van der Waals surface area contributed by atoms with Crippen molar-refractivity contribution in [3.63, 3.8) is 0 Å². The predicted octanol–water partition coefficient (Wildman–Crippen LogP) is 5.94. The fraction of sp³-hybridized carbons (Fsp3) is 0.211. The standard InChI is InChI=1S/C19H18IN/c1-12(2)14-8-10-15(11-9-14)18-17-7-5-4-6-16(17)13(3)19(20)21-18/h4-12H,1-3H3. The van der Waals surface area contributed by atoms with Crippen molar-refractivity contribution < 1.29 is 0 Å². The average molecular weight is 387 g/mol. The molecule has 2 aromatic carbocycles. The molecular weight excluding hydrogens is 369 g/mol. The Hall–Kier alpha value is -1.42.